The van der Waals surface area contributed by atoms with E-state index < -0.39 is 0 Å². The average Bonchev–Trinajstić information content (AvgIpc) is 3.24. The van der Waals surface area contributed by atoms with Gasteiger partial charge in [-0.1, -0.05) is 6.07 Å². The lowest BCUT2D eigenvalue weighted by Crippen LogP contribution is -2.29. The maximum atomic E-state index is 12.7. The monoisotopic (exact) mass is 355 g/mol. The molecular formula is C19H25N5O2. The van der Waals surface area contributed by atoms with E-state index in [1.807, 2.05) is 23.2 Å². The summed E-state index contributed by atoms with van der Waals surface area (Å²) in [4.78, 5) is 23.4. The molecule has 26 heavy (non-hydrogen) atoms. The van der Waals surface area contributed by atoms with E-state index in [0.29, 0.717) is 24.9 Å². The molecule has 1 amide bonds. The van der Waals surface area contributed by atoms with E-state index in [1.54, 1.807) is 13.3 Å². The van der Waals surface area contributed by atoms with Crippen LogP contribution in [0.4, 0.5) is 0 Å². The standard InChI is InChI=1S/C19H25N5O2/c1-26-12-17-21-19(23-22-17)16-11-24(10-15(16)14-5-6-14)18(25)7-4-13-3-2-8-20-9-13/h2-3,8-9,14-16H,4-7,10-12H2,1H3,(H,21,22,23)/t15-,16+/m1/s1. The summed E-state index contributed by atoms with van der Waals surface area (Å²) in [5.74, 6) is 3.21. The van der Waals surface area contributed by atoms with Gasteiger partial charge in [-0.15, -0.1) is 0 Å². The summed E-state index contributed by atoms with van der Waals surface area (Å²) < 4.78 is 5.12. The van der Waals surface area contributed by atoms with Gasteiger partial charge in [0.2, 0.25) is 5.91 Å². The molecule has 0 bridgehead atoms. The first-order valence-corrected chi connectivity index (χ1v) is 9.31. The number of amides is 1. The van der Waals surface area contributed by atoms with E-state index in [1.165, 1.54) is 12.8 Å². The number of methoxy groups -OCH3 is 1. The maximum Gasteiger partial charge on any atom is 0.222 e. The van der Waals surface area contributed by atoms with Crippen LogP contribution in [0.25, 0.3) is 0 Å². The number of nitrogens with one attached hydrogen (secondary N) is 1. The second-order valence-electron chi connectivity index (χ2n) is 7.34. The largest absolute Gasteiger partial charge is 0.377 e. The Bertz CT molecular complexity index is 743. The molecule has 0 aromatic carbocycles. The summed E-state index contributed by atoms with van der Waals surface area (Å²) >= 11 is 0. The summed E-state index contributed by atoms with van der Waals surface area (Å²) in [6.45, 7) is 1.98. The van der Waals surface area contributed by atoms with Gasteiger partial charge in [-0.25, -0.2) is 4.98 Å². The normalized spacial score (nSPS) is 22.7. The lowest BCUT2D eigenvalue weighted by molar-refractivity contribution is -0.130. The Morgan fingerprint density at radius 3 is 3.00 bits per heavy atom. The zero-order chi connectivity index (χ0) is 17.9. The molecule has 0 spiro atoms. The first-order valence-electron chi connectivity index (χ1n) is 9.31. The van der Waals surface area contributed by atoms with Gasteiger partial charge < -0.3 is 9.64 Å². The highest BCUT2D eigenvalue weighted by molar-refractivity contribution is 5.77. The molecule has 1 N–H and O–H groups in total. The third-order valence-corrected chi connectivity index (χ3v) is 5.46. The lowest BCUT2D eigenvalue weighted by Gasteiger charge is -2.16. The van der Waals surface area contributed by atoms with Crippen molar-refractivity contribution in [2.75, 3.05) is 20.2 Å². The second-order valence-corrected chi connectivity index (χ2v) is 7.34. The second kappa shape index (κ2) is 7.53. The van der Waals surface area contributed by atoms with Crippen LogP contribution in [0.2, 0.25) is 0 Å². The van der Waals surface area contributed by atoms with Gasteiger partial charge in [-0.05, 0) is 42.7 Å². The van der Waals surface area contributed by atoms with Gasteiger partial charge in [-0.3, -0.25) is 14.9 Å². The van der Waals surface area contributed by atoms with Gasteiger partial charge in [0.05, 0.1) is 0 Å². The highest BCUT2D eigenvalue weighted by Gasteiger charge is 2.45. The van der Waals surface area contributed by atoms with Crippen molar-refractivity contribution in [3.63, 3.8) is 0 Å². The minimum Gasteiger partial charge on any atom is -0.377 e. The number of aromatic amines is 1. The van der Waals surface area contributed by atoms with Crippen LogP contribution >= 0.6 is 0 Å². The van der Waals surface area contributed by atoms with E-state index in [4.69, 9.17) is 4.74 Å². The lowest BCUT2D eigenvalue weighted by atomic mass is 9.91. The van der Waals surface area contributed by atoms with Crippen molar-refractivity contribution in [2.24, 2.45) is 11.8 Å². The number of rotatable bonds is 7. The SMILES string of the molecule is COCc1nc([C@H]2CN(C(=O)CCc3cccnc3)C[C@@H]2C2CC2)n[nH]1. The summed E-state index contributed by atoms with van der Waals surface area (Å²) in [5, 5.41) is 7.36. The fraction of sp³-hybridized carbons (Fsp3) is 0.579. The molecule has 0 unspecified atom stereocenters. The highest BCUT2D eigenvalue weighted by Crippen LogP contribution is 2.47. The van der Waals surface area contributed by atoms with Crippen LogP contribution in [0.1, 0.15) is 42.4 Å². The number of hydrogen-bond acceptors (Lipinski definition) is 5. The minimum atomic E-state index is 0.217. The molecular weight excluding hydrogens is 330 g/mol. The first-order chi connectivity index (χ1) is 12.7. The molecule has 1 aliphatic carbocycles. The molecule has 1 saturated heterocycles. The summed E-state index contributed by atoms with van der Waals surface area (Å²) in [6.07, 6.45) is 7.37. The fourth-order valence-corrected chi connectivity index (χ4v) is 3.94. The smallest absolute Gasteiger partial charge is 0.222 e. The molecule has 2 aromatic heterocycles. The number of aryl methyl sites for hydroxylation is 1. The third kappa shape index (κ3) is 3.77. The number of nitrogens with zero attached hydrogens (tertiary/aromatic N) is 4. The van der Waals surface area contributed by atoms with Gasteiger partial charge in [0, 0.05) is 44.9 Å². The molecule has 1 saturated carbocycles. The number of aromatic nitrogens is 4. The predicted molar refractivity (Wildman–Crippen MR) is 95.2 cm³/mol. The molecule has 3 heterocycles. The number of H-pyrrole nitrogens is 1. The Balaban J connectivity index is 1.41. The van der Waals surface area contributed by atoms with Gasteiger partial charge in [-0.2, -0.15) is 5.10 Å². The number of likely N-dealkylation sites (tertiary alicyclic amines) is 1. The number of carbonyl (C=O) groups is 1. The summed E-state index contributed by atoms with van der Waals surface area (Å²) in [6, 6.07) is 3.93. The number of pyridine rings is 1. The van der Waals surface area contributed by atoms with Gasteiger partial charge >= 0.3 is 0 Å². The van der Waals surface area contributed by atoms with Crippen molar-refractivity contribution < 1.29 is 9.53 Å². The van der Waals surface area contributed by atoms with Crippen molar-refractivity contribution in [2.45, 2.75) is 38.2 Å². The fourth-order valence-electron chi connectivity index (χ4n) is 3.94. The van der Waals surface area contributed by atoms with E-state index >= 15 is 0 Å². The molecule has 1 aliphatic heterocycles. The molecule has 7 heteroatoms. The molecule has 4 rings (SSSR count). The number of carbonyl (C=O) groups excluding carboxylic acids is 1. The molecule has 2 aliphatic rings. The third-order valence-electron chi connectivity index (χ3n) is 5.46. The zero-order valence-electron chi connectivity index (χ0n) is 15.1. The van der Waals surface area contributed by atoms with Crippen LogP contribution in [0.15, 0.2) is 24.5 Å². The van der Waals surface area contributed by atoms with Crippen LogP contribution in [0.3, 0.4) is 0 Å². The van der Waals surface area contributed by atoms with Crippen LogP contribution in [0.5, 0.6) is 0 Å². The van der Waals surface area contributed by atoms with Crippen molar-refractivity contribution in [3.8, 4) is 0 Å². The minimum absolute atomic E-state index is 0.217. The average molecular weight is 355 g/mol. The molecule has 2 fully saturated rings. The van der Waals surface area contributed by atoms with Crippen molar-refractivity contribution >= 4 is 5.91 Å². The topological polar surface area (TPSA) is 84.0 Å². The predicted octanol–water partition coefficient (Wildman–Crippen LogP) is 1.93. The van der Waals surface area contributed by atoms with Crippen LogP contribution in [0, 0.1) is 11.8 Å². The van der Waals surface area contributed by atoms with Gasteiger partial charge in [0.15, 0.2) is 11.6 Å². The van der Waals surface area contributed by atoms with Gasteiger partial charge in [0.1, 0.15) is 6.61 Å². The van der Waals surface area contributed by atoms with E-state index in [-0.39, 0.29) is 11.8 Å². The Kier molecular flexibility index (Phi) is 4.97. The zero-order valence-corrected chi connectivity index (χ0v) is 15.1. The number of hydrogen-bond donors (Lipinski definition) is 1. The van der Waals surface area contributed by atoms with Crippen LogP contribution in [-0.2, 0) is 22.6 Å². The van der Waals surface area contributed by atoms with Crippen LogP contribution < -0.4 is 0 Å². The van der Waals surface area contributed by atoms with Gasteiger partial charge in [0.25, 0.3) is 0 Å². The molecule has 0 radical (unpaired) electrons. The molecule has 138 valence electrons. The van der Waals surface area contributed by atoms with E-state index in [0.717, 1.165) is 36.7 Å². The first kappa shape index (κ1) is 17.1. The Morgan fingerprint density at radius 1 is 1.38 bits per heavy atom. The molecule has 7 nitrogen and oxygen atoms in total. The van der Waals surface area contributed by atoms with E-state index in [2.05, 4.69) is 20.2 Å². The van der Waals surface area contributed by atoms with E-state index in [9.17, 15) is 4.79 Å². The molecule has 2 aromatic rings. The maximum absolute atomic E-state index is 12.7. The summed E-state index contributed by atoms with van der Waals surface area (Å²) in [7, 11) is 1.65. The summed E-state index contributed by atoms with van der Waals surface area (Å²) in [5.41, 5.74) is 1.11. The number of ether oxygens (including phenoxy) is 1. The van der Waals surface area contributed by atoms with Crippen molar-refractivity contribution in [1.82, 2.24) is 25.1 Å². The Morgan fingerprint density at radius 2 is 2.27 bits per heavy atom. The highest BCUT2D eigenvalue weighted by atomic mass is 16.5. The van der Waals surface area contributed by atoms with Crippen molar-refractivity contribution in [1.29, 1.82) is 0 Å². The van der Waals surface area contributed by atoms with Crippen molar-refractivity contribution in [3.05, 3.63) is 41.7 Å². The quantitative estimate of drug-likeness (QED) is 0.820. The Hall–Kier alpha value is -2.28. The Labute approximate surface area is 153 Å². The van der Waals surface area contributed by atoms with Crippen LogP contribution in [-0.4, -0.2) is 51.2 Å². The molecule has 2 atom stereocenters.